The molecule has 0 N–H and O–H groups in total. The Morgan fingerprint density at radius 2 is 1.38 bits per heavy atom. The summed E-state index contributed by atoms with van der Waals surface area (Å²) in [6.45, 7) is 5.12. The van der Waals surface area contributed by atoms with Gasteiger partial charge in [-0.3, -0.25) is 9.80 Å². The van der Waals surface area contributed by atoms with Crippen LogP contribution in [0.15, 0.2) is 103 Å². The average molecular weight is 507 g/mol. The Kier molecular flexibility index (Phi) is 6.79. The van der Waals surface area contributed by atoms with E-state index in [1.165, 1.54) is 16.7 Å². The number of benzene rings is 4. The largest absolute Gasteiger partial charge is 0.327 e. The first kappa shape index (κ1) is 23.9. The Bertz CT molecular complexity index is 1430. The highest BCUT2D eigenvalue weighted by atomic mass is 35.5. The zero-order valence-corrected chi connectivity index (χ0v) is 21.9. The number of halogens is 1. The van der Waals surface area contributed by atoms with Gasteiger partial charge in [0.05, 0.1) is 17.1 Å². The smallest absolute Gasteiger partial charge is 0.140 e. The molecule has 0 bridgehead atoms. The lowest BCUT2D eigenvalue weighted by Gasteiger charge is -2.39. The molecule has 37 heavy (non-hydrogen) atoms. The van der Waals surface area contributed by atoms with Crippen LogP contribution in [0.4, 0.5) is 0 Å². The number of rotatable bonds is 6. The summed E-state index contributed by atoms with van der Waals surface area (Å²) in [6, 6.07) is 36.7. The minimum atomic E-state index is 0.292. The summed E-state index contributed by atoms with van der Waals surface area (Å²) in [5.74, 6) is 0.963. The Hall–Kier alpha value is -3.44. The summed E-state index contributed by atoms with van der Waals surface area (Å²) in [5.41, 5.74) is 7.29. The van der Waals surface area contributed by atoms with Gasteiger partial charge >= 0.3 is 0 Å². The summed E-state index contributed by atoms with van der Waals surface area (Å²) in [6.07, 6.45) is 0. The van der Waals surface area contributed by atoms with E-state index < -0.39 is 0 Å². The predicted octanol–water partition coefficient (Wildman–Crippen LogP) is 6.80. The van der Waals surface area contributed by atoms with E-state index in [0.29, 0.717) is 6.04 Å². The highest BCUT2D eigenvalue weighted by Gasteiger charge is 2.26. The number of nitrogens with zero attached hydrogens (tertiary/aromatic N) is 4. The second-order valence-electron chi connectivity index (χ2n) is 9.86. The molecule has 4 nitrogen and oxygen atoms in total. The molecule has 0 spiro atoms. The van der Waals surface area contributed by atoms with E-state index in [1.807, 2.05) is 24.3 Å². The SMILES string of the molecule is Cn1c(-c2ccc(Cl)cc2)nc2cc(CN3CCN(C(c4ccccc4)c4ccccc4)CC3)ccc21. The van der Waals surface area contributed by atoms with Gasteiger partial charge in [-0.2, -0.15) is 0 Å². The van der Waals surface area contributed by atoms with E-state index in [2.05, 4.69) is 100 Å². The maximum atomic E-state index is 6.08. The third-order valence-electron chi connectivity index (χ3n) is 7.46. The van der Waals surface area contributed by atoms with Crippen molar-refractivity contribution in [2.45, 2.75) is 12.6 Å². The molecule has 1 aliphatic rings. The lowest BCUT2D eigenvalue weighted by Crippen LogP contribution is -2.47. The van der Waals surface area contributed by atoms with Crippen LogP contribution >= 0.6 is 11.6 Å². The molecule has 1 fully saturated rings. The minimum Gasteiger partial charge on any atom is -0.327 e. The standard InChI is InChI=1S/C32H31ClN4/c1-35-30-17-12-24(22-29(30)34-32(35)27-13-15-28(33)16-14-27)23-36-18-20-37(21-19-36)31(25-8-4-2-5-9-25)26-10-6-3-7-11-26/h2-17,22,31H,18-21,23H2,1H3. The van der Waals surface area contributed by atoms with Crippen molar-refractivity contribution in [3.05, 3.63) is 125 Å². The van der Waals surface area contributed by atoms with Gasteiger partial charge in [-0.1, -0.05) is 78.3 Å². The van der Waals surface area contributed by atoms with Crippen LogP contribution in [-0.2, 0) is 13.6 Å². The summed E-state index contributed by atoms with van der Waals surface area (Å²) in [7, 11) is 2.08. The molecule has 6 rings (SSSR count). The lowest BCUT2D eigenvalue weighted by molar-refractivity contribution is 0.105. The first-order valence-electron chi connectivity index (χ1n) is 12.9. The van der Waals surface area contributed by atoms with Crippen molar-refractivity contribution in [3.63, 3.8) is 0 Å². The van der Waals surface area contributed by atoms with Crippen LogP contribution in [0.3, 0.4) is 0 Å². The lowest BCUT2D eigenvalue weighted by atomic mass is 9.96. The maximum Gasteiger partial charge on any atom is 0.140 e. The van der Waals surface area contributed by atoms with Crippen LogP contribution < -0.4 is 0 Å². The number of hydrogen-bond donors (Lipinski definition) is 0. The zero-order valence-electron chi connectivity index (χ0n) is 21.1. The summed E-state index contributed by atoms with van der Waals surface area (Å²) < 4.78 is 2.16. The van der Waals surface area contributed by atoms with E-state index in [-0.39, 0.29) is 0 Å². The molecule has 0 unspecified atom stereocenters. The van der Waals surface area contributed by atoms with Gasteiger partial charge in [-0.25, -0.2) is 4.98 Å². The molecule has 0 saturated carbocycles. The summed E-state index contributed by atoms with van der Waals surface area (Å²) in [5, 5.41) is 0.740. The molecule has 0 atom stereocenters. The first-order valence-corrected chi connectivity index (χ1v) is 13.3. The fraction of sp³-hybridized carbons (Fsp3) is 0.219. The molecule has 5 heteroatoms. The van der Waals surface area contributed by atoms with Gasteiger partial charge in [0, 0.05) is 50.4 Å². The van der Waals surface area contributed by atoms with Crippen LogP contribution in [0.25, 0.3) is 22.4 Å². The Morgan fingerprint density at radius 3 is 2.00 bits per heavy atom. The van der Waals surface area contributed by atoms with Crippen molar-refractivity contribution in [1.82, 2.24) is 19.4 Å². The van der Waals surface area contributed by atoms with Crippen LogP contribution in [0.5, 0.6) is 0 Å². The van der Waals surface area contributed by atoms with Crippen LogP contribution in [0.1, 0.15) is 22.7 Å². The van der Waals surface area contributed by atoms with Gasteiger partial charge in [-0.15, -0.1) is 0 Å². The zero-order chi connectivity index (χ0) is 25.2. The van der Waals surface area contributed by atoms with Crippen molar-refractivity contribution in [1.29, 1.82) is 0 Å². The number of aromatic nitrogens is 2. The molecule has 186 valence electrons. The molecular formula is C32H31ClN4. The molecular weight excluding hydrogens is 476 g/mol. The van der Waals surface area contributed by atoms with Crippen molar-refractivity contribution >= 4 is 22.6 Å². The number of piperazine rings is 1. The normalized spacial score (nSPS) is 15.0. The predicted molar refractivity (Wildman–Crippen MR) is 153 cm³/mol. The Balaban J connectivity index is 1.17. The van der Waals surface area contributed by atoms with E-state index in [0.717, 1.165) is 60.2 Å². The van der Waals surface area contributed by atoms with Gasteiger partial charge in [-0.05, 0) is 53.1 Å². The number of fused-ring (bicyclic) bond motifs is 1. The second kappa shape index (κ2) is 10.5. The molecule has 1 aliphatic heterocycles. The van der Waals surface area contributed by atoms with Crippen LogP contribution in [0, 0.1) is 0 Å². The molecule has 1 aromatic heterocycles. The first-order chi connectivity index (χ1) is 18.2. The van der Waals surface area contributed by atoms with E-state index in [4.69, 9.17) is 16.6 Å². The molecule has 0 amide bonds. The van der Waals surface area contributed by atoms with Gasteiger partial charge in [0.25, 0.3) is 0 Å². The number of imidazole rings is 1. The van der Waals surface area contributed by atoms with Crippen LogP contribution in [0.2, 0.25) is 5.02 Å². The molecule has 2 heterocycles. The van der Waals surface area contributed by atoms with Crippen molar-refractivity contribution in [3.8, 4) is 11.4 Å². The monoisotopic (exact) mass is 506 g/mol. The minimum absolute atomic E-state index is 0.292. The van der Waals surface area contributed by atoms with E-state index in [9.17, 15) is 0 Å². The summed E-state index contributed by atoms with van der Waals surface area (Å²) in [4.78, 5) is 10.2. The Labute approximate surface area is 223 Å². The highest BCUT2D eigenvalue weighted by Crippen LogP contribution is 2.30. The molecule has 5 aromatic rings. The Morgan fingerprint density at radius 1 is 0.757 bits per heavy atom. The maximum absolute atomic E-state index is 6.08. The highest BCUT2D eigenvalue weighted by molar-refractivity contribution is 6.30. The van der Waals surface area contributed by atoms with Gasteiger partial charge in [0.2, 0.25) is 0 Å². The third-order valence-corrected chi connectivity index (χ3v) is 7.71. The third kappa shape index (κ3) is 5.05. The molecule has 0 radical (unpaired) electrons. The fourth-order valence-electron chi connectivity index (χ4n) is 5.52. The topological polar surface area (TPSA) is 24.3 Å². The number of aryl methyl sites for hydroxylation is 1. The number of hydrogen-bond acceptors (Lipinski definition) is 3. The second-order valence-corrected chi connectivity index (χ2v) is 10.3. The quantitative estimate of drug-likeness (QED) is 0.253. The van der Waals surface area contributed by atoms with Crippen molar-refractivity contribution < 1.29 is 0 Å². The molecule has 1 saturated heterocycles. The van der Waals surface area contributed by atoms with Crippen LogP contribution in [-0.4, -0.2) is 45.5 Å². The molecule has 0 aliphatic carbocycles. The van der Waals surface area contributed by atoms with Crippen molar-refractivity contribution in [2.24, 2.45) is 7.05 Å². The van der Waals surface area contributed by atoms with E-state index in [1.54, 1.807) is 0 Å². The summed E-state index contributed by atoms with van der Waals surface area (Å²) >= 11 is 6.08. The van der Waals surface area contributed by atoms with Gasteiger partial charge in [0.15, 0.2) is 0 Å². The van der Waals surface area contributed by atoms with E-state index >= 15 is 0 Å². The fourth-order valence-corrected chi connectivity index (χ4v) is 5.65. The average Bonchev–Trinajstić information content (AvgIpc) is 3.27. The van der Waals surface area contributed by atoms with Crippen molar-refractivity contribution in [2.75, 3.05) is 26.2 Å². The van der Waals surface area contributed by atoms with Gasteiger partial charge < -0.3 is 4.57 Å². The molecule has 4 aromatic carbocycles. The van der Waals surface area contributed by atoms with Gasteiger partial charge in [0.1, 0.15) is 5.82 Å².